The standard InChI is InChI=1S/C12H11FN2O2/c1-8-7-17-15-11(8)12(16)14-6-9-2-4-10(13)5-3-9/h2-5,7H,6H2,1H3,(H,14,16). The average Bonchev–Trinajstić information content (AvgIpc) is 2.74. The van der Waals surface area contributed by atoms with E-state index in [9.17, 15) is 9.18 Å². The molecule has 1 heterocycles. The summed E-state index contributed by atoms with van der Waals surface area (Å²) < 4.78 is 17.3. The van der Waals surface area contributed by atoms with E-state index in [-0.39, 0.29) is 17.4 Å². The Labute approximate surface area is 97.4 Å². The summed E-state index contributed by atoms with van der Waals surface area (Å²) in [6.07, 6.45) is 1.41. The Bertz CT molecular complexity index is 520. The summed E-state index contributed by atoms with van der Waals surface area (Å²) in [6, 6.07) is 5.93. The van der Waals surface area contributed by atoms with Crippen LogP contribution in [0.4, 0.5) is 4.39 Å². The molecule has 0 radical (unpaired) electrons. The normalized spacial score (nSPS) is 10.2. The van der Waals surface area contributed by atoms with E-state index in [1.807, 2.05) is 0 Å². The lowest BCUT2D eigenvalue weighted by molar-refractivity contribution is 0.0941. The van der Waals surface area contributed by atoms with Gasteiger partial charge in [0.1, 0.15) is 12.1 Å². The Kier molecular flexibility index (Phi) is 3.18. The van der Waals surface area contributed by atoms with Crippen molar-refractivity contribution in [2.45, 2.75) is 13.5 Å². The van der Waals surface area contributed by atoms with Crippen LogP contribution in [0.1, 0.15) is 21.6 Å². The molecule has 0 spiro atoms. The average molecular weight is 234 g/mol. The predicted octanol–water partition coefficient (Wildman–Crippen LogP) is 2.05. The Morgan fingerprint density at radius 1 is 1.41 bits per heavy atom. The number of benzene rings is 1. The highest BCUT2D eigenvalue weighted by atomic mass is 19.1. The van der Waals surface area contributed by atoms with Gasteiger partial charge >= 0.3 is 0 Å². The molecule has 1 N–H and O–H groups in total. The third-order valence-corrected chi connectivity index (χ3v) is 2.33. The monoisotopic (exact) mass is 234 g/mol. The van der Waals surface area contributed by atoms with Crippen molar-refractivity contribution in [3.05, 3.63) is 53.2 Å². The zero-order valence-electron chi connectivity index (χ0n) is 9.24. The third kappa shape index (κ3) is 2.69. The number of nitrogens with one attached hydrogen (secondary N) is 1. The summed E-state index contributed by atoms with van der Waals surface area (Å²) in [5, 5.41) is 6.27. The van der Waals surface area contributed by atoms with Crippen LogP contribution < -0.4 is 5.32 Å². The molecular formula is C12H11FN2O2. The maximum Gasteiger partial charge on any atom is 0.274 e. The first kappa shape index (κ1) is 11.3. The van der Waals surface area contributed by atoms with E-state index >= 15 is 0 Å². The van der Waals surface area contributed by atoms with Crippen LogP contribution in [0.2, 0.25) is 0 Å². The molecule has 2 rings (SSSR count). The number of carbonyl (C=O) groups excluding carboxylic acids is 1. The van der Waals surface area contributed by atoms with E-state index < -0.39 is 0 Å². The molecule has 1 aromatic carbocycles. The fourth-order valence-corrected chi connectivity index (χ4v) is 1.37. The summed E-state index contributed by atoms with van der Waals surface area (Å²) in [7, 11) is 0. The molecule has 4 nitrogen and oxygen atoms in total. The highest BCUT2D eigenvalue weighted by Crippen LogP contribution is 2.06. The largest absolute Gasteiger partial charge is 0.364 e. The van der Waals surface area contributed by atoms with Crippen LogP contribution in [0.15, 0.2) is 35.1 Å². The Morgan fingerprint density at radius 2 is 2.12 bits per heavy atom. The van der Waals surface area contributed by atoms with Crippen LogP contribution in [-0.2, 0) is 6.54 Å². The summed E-state index contributed by atoms with van der Waals surface area (Å²) in [5.41, 5.74) is 1.77. The van der Waals surface area contributed by atoms with Gasteiger partial charge in [-0.25, -0.2) is 4.39 Å². The lowest BCUT2D eigenvalue weighted by Gasteiger charge is -2.03. The first-order valence-electron chi connectivity index (χ1n) is 5.10. The fourth-order valence-electron chi connectivity index (χ4n) is 1.37. The van der Waals surface area contributed by atoms with Crippen LogP contribution >= 0.6 is 0 Å². The second-order valence-electron chi connectivity index (χ2n) is 3.66. The van der Waals surface area contributed by atoms with Crippen molar-refractivity contribution >= 4 is 5.91 Å². The van der Waals surface area contributed by atoms with Gasteiger partial charge in [0.15, 0.2) is 5.69 Å². The van der Waals surface area contributed by atoms with Gasteiger partial charge in [0.2, 0.25) is 0 Å². The number of hydrogen-bond donors (Lipinski definition) is 1. The minimum Gasteiger partial charge on any atom is -0.364 e. The van der Waals surface area contributed by atoms with E-state index in [2.05, 4.69) is 15.0 Å². The molecule has 2 aromatic rings. The number of halogens is 1. The van der Waals surface area contributed by atoms with Crippen molar-refractivity contribution in [3.63, 3.8) is 0 Å². The van der Waals surface area contributed by atoms with Crippen molar-refractivity contribution < 1.29 is 13.7 Å². The number of aryl methyl sites for hydroxylation is 1. The van der Waals surface area contributed by atoms with Crippen molar-refractivity contribution in [1.29, 1.82) is 0 Å². The van der Waals surface area contributed by atoms with Crippen molar-refractivity contribution in [2.75, 3.05) is 0 Å². The SMILES string of the molecule is Cc1conc1C(=O)NCc1ccc(F)cc1. The van der Waals surface area contributed by atoms with Crippen molar-refractivity contribution in [3.8, 4) is 0 Å². The number of hydrogen-bond acceptors (Lipinski definition) is 3. The lowest BCUT2D eigenvalue weighted by atomic mass is 10.2. The number of aromatic nitrogens is 1. The van der Waals surface area contributed by atoms with Crippen molar-refractivity contribution in [2.24, 2.45) is 0 Å². The van der Waals surface area contributed by atoms with Gasteiger partial charge < -0.3 is 9.84 Å². The highest BCUT2D eigenvalue weighted by Gasteiger charge is 2.12. The van der Waals surface area contributed by atoms with Gasteiger partial charge in [-0.2, -0.15) is 0 Å². The molecule has 0 fully saturated rings. The first-order valence-corrected chi connectivity index (χ1v) is 5.10. The van der Waals surface area contributed by atoms with Gasteiger partial charge in [-0.1, -0.05) is 17.3 Å². The van der Waals surface area contributed by atoms with Crippen molar-refractivity contribution in [1.82, 2.24) is 10.5 Å². The molecule has 0 aliphatic heterocycles. The highest BCUT2D eigenvalue weighted by molar-refractivity contribution is 5.93. The molecular weight excluding hydrogens is 223 g/mol. The Balaban J connectivity index is 1.97. The molecule has 0 unspecified atom stereocenters. The molecule has 88 valence electrons. The molecule has 0 saturated carbocycles. The van der Waals surface area contributed by atoms with Crippen LogP contribution in [0.3, 0.4) is 0 Å². The molecule has 0 aliphatic rings. The van der Waals surface area contributed by atoms with Gasteiger partial charge in [0, 0.05) is 12.1 Å². The van der Waals surface area contributed by atoms with E-state index in [1.54, 1.807) is 19.1 Å². The molecule has 1 amide bonds. The molecule has 0 atom stereocenters. The van der Waals surface area contributed by atoms with E-state index in [4.69, 9.17) is 0 Å². The van der Waals surface area contributed by atoms with Crippen LogP contribution in [0.5, 0.6) is 0 Å². The predicted molar refractivity (Wildman–Crippen MR) is 58.8 cm³/mol. The zero-order chi connectivity index (χ0) is 12.3. The minimum atomic E-state index is -0.305. The second kappa shape index (κ2) is 4.78. The number of amides is 1. The summed E-state index contributed by atoms with van der Waals surface area (Å²) >= 11 is 0. The zero-order valence-corrected chi connectivity index (χ0v) is 9.24. The first-order chi connectivity index (χ1) is 8.16. The minimum absolute atomic E-state index is 0.270. The molecule has 1 aromatic heterocycles. The molecule has 17 heavy (non-hydrogen) atoms. The van der Waals surface area contributed by atoms with Gasteiger partial charge in [0.05, 0.1) is 0 Å². The Morgan fingerprint density at radius 3 is 2.71 bits per heavy atom. The molecule has 0 saturated heterocycles. The van der Waals surface area contributed by atoms with Gasteiger partial charge in [0.25, 0.3) is 5.91 Å². The molecule has 5 heteroatoms. The number of nitrogens with zero attached hydrogens (tertiary/aromatic N) is 1. The smallest absolute Gasteiger partial charge is 0.274 e. The quantitative estimate of drug-likeness (QED) is 0.884. The lowest BCUT2D eigenvalue weighted by Crippen LogP contribution is -2.23. The fraction of sp³-hybridized carbons (Fsp3) is 0.167. The summed E-state index contributed by atoms with van der Waals surface area (Å²) in [5.74, 6) is -0.604. The van der Waals surface area contributed by atoms with Crippen LogP contribution in [0.25, 0.3) is 0 Å². The third-order valence-electron chi connectivity index (χ3n) is 2.33. The van der Waals surface area contributed by atoms with Gasteiger partial charge in [-0.3, -0.25) is 4.79 Å². The Hall–Kier alpha value is -2.17. The molecule has 0 bridgehead atoms. The van der Waals surface area contributed by atoms with Gasteiger partial charge in [-0.15, -0.1) is 0 Å². The van der Waals surface area contributed by atoms with E-state index in [0.29, 0.717) is 12.1 Å². The summed E-state index contributed by atoms with van der Waals surface area (Å²) in [4.78, 5) is 11.7. The van der Waals surface area contributed by atoms with E-state index in [0.717, 1.165) is 5.56 Å². The van der Waals surface area contributed by atoms with Gasteiger partial charge in [-0.05, 0) is 24.6 Å². The topological polar surface area (TPSA) is 55.1 Å². The summed E-state index contributed by atoms with van der Waals surface area (Å²) in [6.45, 7) is 2.06. The molecule has 0 aliphatic carbocycles. The van der Waals surface area contributed by atoms with E-state index in [1.165, 1.54) is 18.4 Å². The number of rotatable bonds is 3. The maximum atomic E-state index is 12.7. The maximum absolute atomic E-state index is 12.7. The number of carbonyl (C=O) groups is 1. The second-order valence-corrected chi connectivity index (χ2v) is 3.66. The van der Waals surface area contributed by atoms with Crippen LogP contribution in [0, 0.1) is 12.7 Å². The van der Waals surface area contributed by atoms with Crippen LogP contribution in [-0.4, -0.2) is 11.1 Å².